The van der Waals surface area contributed by atoms with Crippen molar-refractivity contribution >= 4 is 62.1 Å². The summed E-state index contributed by atoms with van der Waals surface area (Å²) >= 11 is 17.5. The Morgan fingerprint density at radius 3 is 1.82 bits per heavy atom. The van der Waals surface area contributed by atoms with E-state index in [0.717, 1.165) is 21.9 Å². The Labute approximate surface area is 257 Å². The van der Waals surface area contributed by atoms with Crippen molar-refractivity contribution in [1.29, 1.82) is 0 Å². The van der Waals surface area contributed by atoms with E-state index in [9.17, 15) is 9.36 Å². The van der Waals surface area contributed by atoms with Gasteiger partial charge < -0.3 is 9.15 Å². The summed E-state index contributed by atoms with van der Waals surface area (Å²) in [7, 11) is 0. The average molecular weight is 660 g/mol. The molecule has 1 heterocycles. The summed E-state index contributed by atoms with van der Waals surface area (Å²) in [5.74, 6) is 3.34. The van der Waals surface area contributed by atoms with Crippen LogP contribution in [0.3, 0.4) is 0 Å². The molecule has 0 N–H and O–H groups in total. The largest absolute Gasteiger partial charge is 0.489 e. The minimum Gasteiger partial charge on any atom is -0.489 e. The van der Waals surface area contributed by atoms with Gasteiger partial charge in [0, 0.05) is 28.7 Å². The Balaban J connectivity index is 0.000000406. The van der Waals surface area contributed by atoms with Gasteiger partial charge in [0.1, 0.15) is 5.75 Å². The van der Waals surface area contributed by atoms with E-state index in [-0.39, 0.29) is 16.5 Å². The summed E-state index contributed by atoms with van der Waals surface area (Å²) in [6, 6.07) is 3.11. The molecule has 2 aromatic rings. The van der Waals surface area contributed by atoms with Crippen LogP contribution in [0.15, 0.2) is 21.3 Å². The predicted molar refractivity (Wildman–Crippen MR) is 176 cm³/mol. The van der Waals surface area contributed by atoms with Gasteiger partial charge in [-0.15, -0.1) is 5.10 Å². The maximum absolute atomic E-state index is 12.7. The Bertz CT molecular complexity index is 1070. The number of hydrogen-bond donors (Lipinski definition) is 0. The van der Waals surface area contributed by atoms with Crippen molar-refractivity contribution in [3.63, 3.8) is 0 Å². The van der Waals surface area contributed by atoms with E-state index in [2.05, 4.69) is 25.9 Å². The molecule has 39 heavy (non-hydrogen) atoms. The van der Waals surface area contributed by atoms with E-state index in [0.29, 0.717) is 22.4 Å². The molecule has 12 heteroatoms. The van der Waals surface area contributed by atoms with Crippen LogP contribution in [0.5, 0.6) is 5.75 Å². The molecule has 0 aliphatic carbocycles. The van der Waals surface area contributed by atoms with Crippen LogP contribution in [-0.4, -0.2) is 33.1 Å². The highest BCUT2D eigenvalue weighted by Crippen LogP contribution is 2.78. The molecule has 0 fully saturated rings. The van der Waals surface area contributed by atoms with Crippen LogP contribution in [0, 0.1) is 0 Å². The van der Waals surface area contributed by atoms with Crippen molar-refractivity contribution in [2.45, 2.75) is 105 Å². The lowest BCUT2D eigenvalue weighted by atomic mass is 9.97. The van der Waals surface area contributed by atoms with Crippen molar-refractivity contribution in [3.05, 3.63) is 38.6 Å². The Hall–Kier alpha value is -0.180. The van der Waals surface area contributed by atoms with Gasteiger partial charge in [-0.05, 0) is 39.2 Å². The lowest BCUT2D eigenvalue weighted by molar-refractivity contribution is 0.242. The first-order valence-electron chi connectivity index (χ1n) is 13.6. The third-order valence-corrected chi connectivity index (χ3v) is 18.2. The second-order valence-electron chi connectivity index (χ2n) is 10.2. The molecular weight excluding hydrogens is 614 g/mol. The van der Waals surface area contributed by atoms with Gasteiger partial charge in [-0.1, -0.05) is 118 Å². The zero-order valence-electron chi connectivity index (χ0n) is 24.6. The predicted octanol–water partition coefficient (Wildman–Crippen LogP) is 10.9. The number of unbranched alkanes of at least 4 members (excludes halogenated alkanes) is 3. The summed E-state index contributed by atoms with van der Waals surface area (Å²) in [5.41, 5.74) is -0.0217. The Morgan fingerprint density at radius 1 is 0.949 bits per heavy atom. The first kappa shape index (κ1) is 36.8. The second-order valence-corrected chi connectivity index (χ2v) is 23.0. The molecule has 0 unspecified atom stereocenters. The normalized spacial score (nSPS) is 12.0. The van der Waals surface area contributed by atoms with Crippen LogP contribution >= 0.6 is 62.1 Å². The molecule has 0 amide bonds. The zero-order valence-corrected chi connectivity index (χ0v) is 29.4. The third kappa shape index (κ3) is 13.6. The van der Waals surface area contributed by atoms with E-state index in [4.69, 9.17) is 32.4 Å². The monoisotopic (exact) mass is 658 g/mol. The highest BCUT2D eigenvalue weighted by Gasteiger charge is 2.25. The number of benzene rings is 1. The molecule has 0 bridgehead atoms. The van der Waals surface area contributed by atoms with Gasteiger partial charge in [0.05, 0.1) is 21.8 Å². The smallest absolute Gasteiger partial charge is 0.442 e. The van der Waals surface area contributed by atoms with Gasteiger partial charge in [0.15, 0.2) is 0 Å². The SMILES string of the molecule is CC(C)Oc1cc(-n2nc(C(C)(C)C)oc2=O)c(Cl)cc1Cl.CCCCSP(=O)(SCCCC)SCCCC. The number of hydrogen-bond acceptors (Lipinski definition) is 8. The number of rotatable bonds is 15. The summed E-state index contributed by atoms with van der Waals surface area (Å²) in [6.07, 6.45) is 7.11. The summed E-state index contributed by atoms with van der Waals surface area (Å²) < 4.78 is 22.6. The summed E-state index contributed by atoms with van der Waals surface area (Å²) in [6.45, 7) is 16.0. The number of halogens is 2. The van der Waals surface area contributed by atoms with Crippen LogP contribution in [0.1, 0.15) is 99.8 Å². The van der Waals surface area contributed by atoms with Gasteiger partial charge in [0.2, 0.25) is 10.6 Å². The average Bonchev–Trinajstić information content (AvgIpc) is 3.23. The van der Waals surface area contributed by atoms with E-state index >= 15 is 0 Å². The van der Waals surface area contributed by atoms with E-state index in [1.165, 1.54) is 44.6 Å². The van der Waals surface area contributed by atoms with E-state index in [1.54, 1.807) is 40.2 Å². The van der Waals surface area contributed by atoms with E-state index in [1.807, 2.05) is 34.6 Å². The lowest BCUT2D eigenvalue weighted by Gasteiger charge is -2.15. The van der Waals surface area contributed by atoms with Crippen molar-refractivity contribution in [1.82, 2.24) is 9.78 Å². The van der Waals surface area contributed by atoms with Crippen LogP contribution in [0.25, 0.3) is 5.69 Å². The van der Waals surface area contributed by atoms with Gasteiger partial charge >= 0.3 is 5.76 Å². The molecule has 1 aromatic carbocycles. The Morgan fingerprint density at radius 2 is 1.44 bits per heavy atom. The first-order valence-corrected chi connectivity index (χ1v) is 20.8. The molecular formula is C27H45Cl2N2O4PS3. The van der Waals surface area contributed by atoms with Crippen molar-refractivity contribution in [3.8, 4) is 11.4 Å². The van der Waals surface area contributed by atoms with E-state index < -0.39 is 10.5 Å². The molecule has 224 valence electrons. The fourth-order valence-electron chi connectivity index (χ4n) is 2.83. The van der Waals surface area contributed by atoms with Crippen LogP contribution < -0.4 is 10.5 Å². The van der Waals surface area contributed by atoms with Gasteiger partial charge in [-0.25, -0.2) is 4.79 Å². The lowest BCUT2D eigenvalue weighted by Crippen LogP contribution is -2.15. The van der Waals surface area contributed by atoms with Gasteiger partial charge in [-0.2, -0.15) is 4.68 Å². The van der Waals surface area contributed by atoms with Crippen LogP contribution in [-0.2, 0) is 9.98 Å². The van der Waals surface area contributed by atoms with Gasteiger partial charge in [0.25, 0.3) is 0 Å². The molecule has 6 nitrogen and oxygen atoms in total. The summed E-state index contributed by atoms with van der Waals surface area (Å²) in [5, 5.41) is 4.88. The second kappa shape index (κ2) is 18.4. The fraction of sp³-hybridized carbons (Fsp3) is 0.704. The molecule has 0 atom stereocenters. The highest BCUT2D eigenvalue weighted by atomic mass is 35.5. The van der Waals surface area contributed by atoms with Crippen molar-refractivity contribution in [2.24, 2.45) is 0 Å². The zero-order chi connectivity index (χ0) is 29.6. The molecule has 0 saturated heterocycles. The number of ether oxygens (including phenoxy) is 1. The van der Waals surface area contributed by atoms with Crippen molar-refractivity contribution < 1.29 is 13.7 Å². The maximum atomic E-state index is 12.7. The number of nitrogens with zero attached hydrogens (tertiary/aromatic N) is 2. The minimum absolute atomic E-state index is 0.0642. The van der Waals surface area contributed by atoms with Crippen molar-refractivity contribution in [2.75, 3.05) is 17.3 Å². The van der Waals surface area contributed by atoms with Crippen LogP contribution in [0.4, 0.5) is 0 Å². The Kier molecular flexibility index (Phi) is 17.4. The quantitative estimate of drug-likeness (QED) is 0.138. The fourth-order valence-corrected chi connectivity index (χ4v) is 15.4. The molecule has 0 spiro atoms. The minimum atomic E-state index is -2.06. The molecule has 1 aromatic heterocycles. The van der Waals surface area contributed by atoms with Crippen LogP contribution in [0.2, 0.25) is 10.0 Å². The summed E-state index contributed by atoms with van der Waals surface area (Å²) in [4.78, 5) is 12.1. The highest BCUT2D eigenvalue weighted by molar-refractivity contribution is 9.14. The number of aromatic nitrogens is 2. The standard InChI is InChI=1S/C15H18Cl2N2O3.C12H27OPS3/c1-8(2)21-12-7-11(9(16)6-10(12)17)19-14(20)22-13(18-19)15(3,4)5;1-4-7-10-15-14(13,16-11-8-5-2)17-12-9-6-3/h6-8H,1-5H3;4-12H2,1-3H3. The topological polar surface area (TPSA) is 74.3 Å². The van der Waals surface area contributed by atoms with Gasteiger partial charge in [-0.3, -0.25) is 4.57 Å². The molecule has 2 rings (SSSR count). The maximum Gasteiger partial charge on any atom is 0.442 e. The first-order chi connectivity index (χ1) is 18.3. The molecule has 0 saturated carbocycles. The molecule has 0 radical (unpaired) electrons. The molecule has 0 aliphatic heterocycles. The third-order valence-electron chi connectivity index (χ3n) is 5.02. The molecule has 0 aliphatic rings.